The van der Waals surface area contributed by atoms with E-state index in [-0.39, 0.29) is 0 Å². The highest BCUT2D eigenvalue weighted by atomic mass is 15.2. The number of aryl methyl sites for hydroxylation is 1. The van der Waals surface area contributed by atoms with Crippen molar-refractivity contribution in [2.75, 3.05) is 17.7 Å². The predicted molar refractivity (Wildman–Crippen MR) is 66.2 cm³/mol. The van der Waals surface area contributed by atoms with Crippen molar-refractivity contribution >= 4 is 11.5 Å². The summed E-state index contributed by atoms with van der Waals surface area (Å²) in [4.78, 5) is 6.59. The minimum Gasteiger partial charge on any atom is -0.397 e. The maximum absolute atomic E-state index is 5.75. The summed E-state index contributed by atoms with van der Waals surface area (Å²) < 4.78 is 0. The Morgan fingerprint density at radius 2 is 2.00 bits per heavy atom. The smallest absolute Gasteiger partial charge is 0.128 e. The van der Waals surface area contributed by atoms with Crippen molar-refractivity contribution in [3.8, 4) is 0 Å². The highest BCUT2D eigenvalue weighted by Gasteiger charge is 2.12. The molecule has 0 unspecified atom stereocenters. The summed E-state index contributed by atoms with van der Waals surface area (Å²) in [5.74, 6) is 1.01. The van der Waals surface area contributed by atoms with Crippen LogP contribution in [0.1, 0.15) is 32.3 Å². The first kappa shape index (κ1) is 11.8. The number of pyridine rings is 1. The fourth-order valence-electron chi connectivity index (χ4n) is 1.77. The molecule has 0 fully saturated rings. The van der Waals surface area contributed by atoms with Gasteiger partial charge in [-0.1, -0.05) is 13.8 Å². The van der Waals surface area contributed by atoms with Crippen molar-refractivity contribution < 1.29 is 0 Å². The molecule has 0 bridgehead atoms. The second-order valence-electron chi connectivity index (χ2n) is 3.98. The zero-order valence-electron chi connectivity index (χ0n) is 10.1. The maximum atomic E-state index is 5.75. The average molecular weight is 207 g/mol. The summed E-state index contributed by atoms with van der Waals surface area (Å²) in [6, 6.07) is 2.61. The molecule has 15 heavy (non-hydrogen) atoms. The van der Waals surface area contributed by atoms with E-state index in [4.69, 9.17) is 5.73 Å². The molecule has 1 heterocycles. The molecule has 3 heteroatoms. The Labute approximate surface area is 92.3 Å². The Bertz CT molecular complexity index is 319. The Hall–Kier alpha value is -1.25. The number of hydrogen-bond donors (Lipinski definition) is 1. The third-order valence-corrected chi connectivity index (χ3v) is 2.99. The van der Waals surface area contributed by atoms with Crippen molar-refractivity contribution in [1.29, 1.82) is 0 Å². The molecular weight excluding hydrogens is 186 g/mol. The number of nitrogens with two attached hydrogens (primary N) is 1. The molecule has 84 valence electrons. The SMILES string of the molecule is CCC(CC)N(C)c1cc(C)c(N)cn1. The number of hydrogen-bond acceptors (Lipinski definition) is 3. The van der Waals surface area contributed by atoms with Gasteiger partial charge in [-0.05, 0) is 31.4 Å². The number of aromatic nitrogens is 1. The monoisotopic (exact) mass is 207 g/mol. The predicted octanol–water partition coefficient (Wildman–Crippen LogP) is 2.60. The largest absolute Gasteiger partial charge is 0.397 e. The van der Waals surface area contributed by atoms with Crippen LogP contribution in [0.3, 0.4) is 0 Å². The molecule has 0 radical (unpaired) electrons. The quantitative estimate of drug-likeness (QED) is 0.825. The van der Waals surface area contributed by atoms with Crippen LogP contribution in [0.4, 0.5) is 11.5 Å². The molecule has 0 aliphatic rings. The molecule has 3 nitrogen and oxygen atoms in total. The number of nitrogen functional groups attached to an aromatic ring is 1. The Balaban J connectivity index is 2.90. The highest BCUT2D eigenvalue weighted by Crippen LogP contribution is 2.19. The van der Waals surface area contributed by atoms with Gasteiger partial charge in [-0.2, -0.15) is 0 Å². The van der Waals surface area contributed by atoms with Crippen molar-refractivity contribution in [2.45, 2.75) is 39.7 Å². The molecule has 0 atom stereocenters. The van der Waals surface area contributed by atoms with Crippen LogP contribution in [-0.2, 0) is 0 Å². The lowest BCUT2D eigenvalue weighted by molar-refractivity contribution is 0.587. The van der Waals surface area contributed by atoms with E-state index < -0.39 is 0 Å². The topological polar surface area (TPSA) is 42.1 Å². The first-order valence-electron chi connectivity index (χ1n) is 5.55. The summed E-state index contributed by atoms with van der Waals surface area (Å²) in [7, 11) is 2.09. The van der Waals surface area contributed by atoms with E-state index in [2.05, 4.69) is 30.8 Å². The summed E-state index contributed by atoms with van der Waals surface area (Å²) in [5, 5.41) is 0. The van der Waals surface area contributed by atoms with E-state index in [0.717, 1.165) is 29.9 Å². The minimum absolute atomic E-state index is 0.556. The van der Waals surface area contributed by atoms with Crippen LogP contribution in [0.25, 0.3) is 0 Å². The second kappa shape index (κ2) is 5.01. The standard InChI is InChI=1S/C12H21N3/c1-5-10(6-2)15(4)12-7-9(3)11(13)8-14-12/h7-8,10H,5-6,13H2,1-4H3. The van der Waals surface area contributed by atoms with Crippen molar-refractivity contribution in [2.24, 2.45) is 0 Å². The normalized spacial score (nSPS) is 10.7. The maximum Gasteiger partial charge on any atom is 0.128 e. The van der Waals surface area contributed by atoms with Crippen LogP contribution in [-0.4, -0.2) is 18.1 Å². The Kier molecular flexibility index (Phi) is 3.95. The fraction of sp³-hybridized carbons (Fsp3) is 0.583. The van der Waals surface area contributed by atoms with Gasteiger partial charge in [-0.15, -0.1) is 0 Å². The van der Waals surface area contributed by atoms with Gasteiger partial charge in [0.1, 0.15) is 5.82 Å². The van der Waals surface area contributed by atoms with Gasteiger partial charge in [0, 0.05) is 13.1 Å². The molecule has 0 saturated heterocycles. The van der Waals surface area contributed by atoms with E-state index in [1.165, 1.54) is 0 Å². The van der Waals surface area contributed by atoms with Gasteiger partial charge in [0.2, 0.25) is 0 Å². The molecule has 0 aromatic carbocycles. The molecular formula is C12H21N3. The van der Waals surface area contributed by atoms with E-state index in [0.29, 0.717) is 6.04 Å². The van der Waals surface area contributed by atoms with Crippen LogP contribution in [0.15, 0.2) is 12.3 Å². The third-order valence-electron chi connectivity index (χ3n) is 2.99. The lowest BCUT2D eigenvalue weighted by Gasteiger charge is -2.27. The van der Waals surface area contributed by atoms with Gasteiger partial charge >= 0.3 is 0 Å². The van der Waals surface area contributed by atoms with Crippen LogP contribution in [0.5, 0.6) is 0 Å². The lowest BCUT2D eigenvalue weighted by Crippen LogP contribution is -2.31. The van der Waals surface area contributed by atoms with Gasteiger partial charge in [0.15, 0.2) is 0 Å². The third kappa shape index (κ3) is 2.61. The Morgan fingerprint density at radius 1 is 1.40 bits per heavy atom. The van der Waals surface area contributed by atoms with E-state index in [9.17, 15) is 0 Å². The molecule has 0 amide bonds. The zero-order valence-corrected chi connectivity index (χ0v) is 10.1. The lowest BCUT2D eigenvalue weighted by atomic mass is 10.1. The molecule has 1 aromatic heterocycles. The van der Waals surface area contributed by atoms with Crippen molar-refractivity contribution in [1.82, 2.24) is 4.98 Å². The van der Waals surface area contributed by atoms with E-state index >= 15 is 0 Å². The minimum atomic E-state index is 0.556. The number of anilines is 2. The van der Waals surface area contributed by atoms with Gasteiger partial charge in [-0.3, -0.25) is 0 Å². The molecule has 2 N–H and O–H groups in total. The van der Waals surface area contributed by atoms with Crippen LogP contribution >= 0.6 is 0 Å². The van der Waals surface area contributed by atoms with Crippen LogP contribution in [0.2, 0.25) is 0 Å². The first-order valence-corrected chi connectivity index (χ1v) is 5.55. The summed E-state index contributed by atoms with van der Waals surface area (Å²) in [6.45, 7) is 6.42. The van der Waals surface area contributed by atoms with E-state index in [1.807, 2.05) is 13.0 Å². The molecule has 1 aromatic rings. The Morgan fingerprint density at radius 3 is 2.47 bits per heavy atom. The summed E-state index contributed by atoms with van der Waals surface area (Å²) >= 11 is 0. The molecule has 0 aliphatic carbocycles. The summed E-state index contributed by atoms with van der Waals surface area (Å²) in [6.07, 6.45) is 4.01. The highest BCUT2D eigenvalue weighted by molar-refractivity contribution is 5.52. The first-order chi connectivity index (χ1) is 7.10. The van der Waals surface area contributed by atoms with Crippen LogP contribution < -0.4 is 10.6 Å². The average Bonchev–Trinajstić information content (AvgIpc) is 2.23. The molecule has 0 spiro atoms. The van der Waals surface area contributed by atoms with Gasteiger partial charge < -0.3 is 10.6 Å². The number of rotatable bonds is 4. The van der Waals surface area contributed by atoms with E-state index in [1.54, 1.807) is 6.20 Å². The molecule has 0 saturated carbocycles. The van der Waals surface area contributed by atoms with Gasteiger partial charge in [0.25, 0.3) is 0 Å². The van der Waals surface area contributed by atoms with Crippen molar-refractivity contribution in [3.05, 3.63) is 17.8 Å². The molecule has 1 rings (SSSR count). The zero-order chi connectivity index (χ0) is 11.4. The van der Waals surface area contributed by atoms with Gasteiger partial charge in [0.05, 0.1) is 11.9 Å². The van der Waals surface area contributed by atoms with Crippen LogP contribution in [0, 0.1) is 6.92 Å². The van der Waals surface area contributed by atoms with Crippen molar-refractivity contribution in [3.63, 3.8) is 0 Å². The second-order valence-corrected chi connectivity index (χ2v) is 3.98. The number of nitrogens with zero attached hydrogens (tertiary/aromatic N) is 2. The summed E-state index contributed by atoms with van der Waals surface area (Å²) in [5.41, 5.74) is 7.60. The molecule has 0 aliphatic heterocycles. The fourth-order valence-corrected chi connectivity index (χ4v) is 1.77. The van der Waals surface area contributed by atoms with Gasteiger partial charge in [-0.25, -0.2) is 4.98 Å².